The molecule has 0 N–H and O–H groups in total. The van der Waals surface area contributed by atoms with Crippen LogP contribution in [0.3, 0.4) is 0 Å². The number of aromatic nitrogens is 3. The minimum Gasteiger partial charge on any atom is -0.354 e. The summed E-state index contributed by atoms with van der Waals surface area (Å²) in [5.41, 5.74) is -5.11. The van der Waals surface area contributed by atoms with E-state index in [1.165, 1.54) is 12.1 Å². The highest BCUT2D eigenvalue weighted by Gasteiger charge is 2.42. The van der Waals surface area contributed by atoms with Gasteiger partial charge in [-0.3, -0.25) is 0 Å². The first-order chi connectivity index (χ1) is 15.4. The van der Waals surface area contributed by atoms with Crippen LogP contribution in [-0.4, -0.2) is 14.9 Å². The molecule has 14 heteroatoms. The smallest absolute Gasteiger partial charge is 0.354 e. The number of hydrogen-bond donors (Lipinski definition) is 0. The molecule has 172 valence electrons. The number of rotatable bonds is 3. The second-order valence-corrected chi connectivity index (χ2v) is 7.60. The van der Waals surface area contributed by atoms with E-state index < -0.39 is 58.0 Å². The molecule has 2 aromatic carbocycles. The maximum absolute atomic E-state index is 14.2. The van der Waals surface area contributed by atoms with Gasteiger partial charge in [0.25, 0.3) is 0 Å². The van der Waals surface area contributed by atoms with Crippen molar-refractivity contribution < 1.29 is 39.6 Å². The van der Waals surface area contributed by atoms with E-state index in [-0.39, 0.29) is 31.5 Å². The van der Waals surface area contributed by atoms with Gasteiger partial charge in [0.15, 0.2) is 34.7 Å². The van der Waals surface area contributed by atoms with Crippen molar-refractivity contribution in [1.29, 1.82) is 0 Å². The largest absolute Gasteiger partial charge is 0.434 e. The first-order valence-corrected chi connectivity index (χ1v) is 9.69. The van der Waals surface area contributed by atoms with Crippen molar-refractivity contribution in [1.82, 2.24) is 14.9 Å². The molecule has 2 aromatic heterocycles. The van der Waals surface area contributed by atoms with Gasteiger partial charge in [0.2, 0.25) is 0 Å². The van der Waals surface area contributed by atoms with Crippen LogP contribution in [0.1, 0.15) is 5.69 Å². The summed E-state index contributed by atoms with van der Waals surface area (Å²) in [4.78, 5) is 0. The van der Waals surface area contributed by atoms with Crippen molar-refractivity contribution in [3.05, 3.63) is 74.7 Å². The molecule has 0 aliphatic carbocycles. The second kappa shape index (κ2) is 8.13. The molecular weight excluding hydrogens is 554 g/mol. The molecule has 0 unspecified atom stereocenters. The molecule has 0 spiro atoms. The zero-order valence-corrected chi connectivity index (χ0v) is 17.8. The van der Waals surface area contributed by atoms with Gasteiger partial charge in [-0.2, -0.15) is 18.3 Å². The Balaban J connectivity index is 1.99. The van der Waals surface area contributed by atoms with Gasteiger partial charge in [-0.1, -0.05) is 22.8 Å². The number of halogens is 10. The Labute approximate surface area is 191 Å². The lowest BCUT2D eigenvalue weighted by Crippen LogP contribution is -2.17. The topological polar surface area (TPSA) is 43.9 Å². The Bertz CT molecular complexity index is 1350. The predicted octanol–water partition coefficient (Wildman–Crippen LogP) is 7.32. The quantitative estimate of drug-likeness (QED) is 0.195. The summed E-state index contributed by atoms with van der Waals surface area (Å²) >= 11 is 8.91. The van der Waals surface area contributed by atoms with E-state index in [1.54, 1.807) is 0 Å². The van der Waals surface area contributed by atoms with E-state index in [1.807, 2.05) is 0 Å². The predicted molar refractivity (Wildman–Crippen MR) is 102 cm³/mol. The fourth-order valence-corrected chi connectivity index (χ4v) is 3.84. The lowest BCUT2D eigenvalue weighted by Gasteiger charge is -2.14. The van der Waals surface area contributed by atoms with Gasteiger partial charge in [0.05, 0.1) is 26.8 Å². The Morgan fingerprint density at radius 3 is 2.18 bits per heavy atom. The van der Waals surface area contributed by atoms with Gasteiger partial charge in [-0.05, 0) is 28.1 Å². The number of nitrogens with zero attached hydrogens (tertiary/aromatic N) is 3. The molecule has 0 atom stereocenters. The third kappa shape index (κ3) is 3.78. The average molecular weight is 559 g/mol. The van der Waals surface area contributed by atoms with Crippen LogP contribution < -0.4 is 0 Å². The van der Waals surface area contributed by atoms with Crippen LogP contribution in [0.25, 0.3) is 28.3 Å². The zero-order valence-electron chi connectivity index (χ0n) is 15.4. The fourth-order valence-electron chi connectivity index (χ4n) is 3.03. The molecule has 0 bridgehead atoms. The minimum atomic E-state index is -5.35. The van der Waals surface area contributed by atoms with E-state index in [4.69, 9.17) is 16.1 Å². The lowest BCUT2D eigenvalue weighted by atomic mass is 10.1. The normalized spacial score (nSPS) is 11.9. The van der Waals surface area contributed by atoms with Crippen molar-refractivity contribution in [2.24, 2.45) is 0 Å². The zero-order chi connectivity index (χ0) is 24.2. The van der Waals surface area contributed by atoms with Crippen molar-refractivity contribution in [3.8, 4) is 28.3 Å². The van der Waals surface area contributed by atoms with Crippen molar-refractivity contribution in [2.45, 2.75) is 6.18 Å². The van der Waals surface area contributed by atoms with E-state index in [2.05, 4.69) is 26.2 Å². The molecule has 4 aromatic rings. The van der Waals surface area contributed by atoms with Crippen molar-refractivity contribution in [3.63, 3.8) is 0 Å². The third-order valence-corrected chi connectivity index (χ3v) is 5.47. The van der Waals surface area contributed by atoms with Gasteiger partial charge in [-0.15, -0.1) is 0 Å². The van der Waals surface area contributed by atoms with Crippen LogP contribution in [0.5, 0.6) is 0 Å². The molecule has 0 aliphatic rings. The Morgan fingerprint density at radius 1 is 0.970 bits per heavy atom. The molecule has 2 heterocycles. The number of benzene rings is 2. The molecule has 4 rings (SSSR count). The highest BCUT2D eigenvalue weighted by molar-refractivity contribution is 9.10. The van der Waals surface area contributed by atoms with Gasteiger partial charge in [0, 0.05) is 6.07 Å². The van der Waals surface area contributed by atoms with Crippen LogP contribution in [0, 0.1) is 29.1 Å². The Morgan fingerprint density at radius 2 is 1.61 bits per heavy atom. The molecule has 0 saturated heterocycles. The van der Waals surface area contributed by atoms with Gasteiger partial charge in [-0.25, -0.2) is 26.6 Å². The monoisotopic (exact) mass is 557 g/mol. The van der Waals surface area contributed by atoms with E-state index in [0.717, 1.165) is 6.07 Å². The van der Waals surface area contributed by atoms with Gasteiger partial charge < -0.3 is 4.52 Å². The molecule has 0 radical (unpaired) electrons. The fraction of sp³-hybridized carbons (Fsp3) is 0.0526. The van der Waals surface area contributed by atoms with E-state index in [9.17, 15) is 35.1 Å². The maximum Gasteiger partial charge on any atom is 0.434 e. The highest BCUT2D eigenvalue weighted by atomic mass is 79.9. The SMILES string of the molecule is Fc1cc(F)c(F)c(-n2ncc(-c3onc(-c4c(F)cccc4Cl)c3Br)c2C(F)(F)F)c1F. The third-order valence-electron chi connectivity index (χ3n) is 4.42. The van der Waals surface area contributed by atoms with Crippen LogP contribution in [-0.2, 0) is 6.18 Å². The van der Waals surface area contributed by atoms with Crippen LogP contribution >= 0.6 is 27.5 Å². The maximum atomic E-state index is 14.2. The molecule has 0 aliphatic heterocycles. The van der Waals surface area contributed by atoms with Crippen LogP contribution in [0.4, 0.5) is 35.1 Å². The lowest BCUT2D eigenvalue weighted by molar-refractivity contribution is -0.142. The van der Waals surface area contributed by atoms with Crippen LogP contribution in [0.2, 0.25) is 5.02 Å². The van der Waals surface area contributed by atoms with Crippen molar-refractivity contribution in [2.75, 3.05) is 0 Å². The van der Waals surface area contributed by atoms with Crippen molar-refractivity contribution >= 4 is 27.5 Å². The first kappa shape index (κ1) is 23.2. The van der Waals surface area contributed by atoms with Gasteiger partial charge >= 0.3 is 6.18 Å². The molecular formula is C19H5BrClF8N3O. The highest BCUT2D eigenvalue weighted by Crippen LogP contribution is 2.45. The molecule has 0 saturated carbocycles. The number of alkyl halides is 3. The number of hydrogen-bond acceptors (Lipinski definition) is 3. The average Bonchev–Trinajstić information content (AvgIpc) is 3.31. The summed E-state index contributed by atoms with van der Waals surface area (Å²) in [6, 6.07) is 3.43. The molecule has 0 fully saturated rings. The first-order valence-electron chi connectivity index (χ1n) is 8.52. The summed E-state index contributed by atoms with van der Waals surface area (Å²) in [6.45, 7) is 0. The van der Waals surface area contributed by atoms with E-state index >= 15 is 0 Å². The molecule has 33 heavy (non-hydrogen) atoms. The Kier molecular flexibility index (Phi) is 5.73. The van der Waals surface area contributed by atoms with Gasteiger partial charge in [0.1, 0.15) is 17.2 Å². The molecule has 0 amide bonds. The van der Waals surface area contributed by atoms with E-state index in [0.29, 0.717) is 6.20 Å². The summed E-state index contributed by atoms with van der Waals surface area (Å²) in [6.07, 6.45) is -4.86. The summed E-state index contributed by atoms with van der Waals surface area (Å²) < 4.78 is 116. The van der Waals surface area contributed by atoms with Crippen LogP contribution in [0.15, 0.2) is 39.5 Å². The molecule has 4 nitrogen and oxygen atoms in total. The standard InChI is InChI=1S/C19H5BrClF8N3O/c20-12-15(11-7(21)2-1-3-8(11)22)31-33-17(12)6-5-30-32(18(6)19(27,28)29)16-13(25)9(23)4-10(24)14(16)26/h1-5H. The summed E-state index contributed by atoms with van der Waals surface area (Å²) in [5.74, 6) is -9.62. The minimum absolute atomic E-state index is 0.137. The second-order valence-electron chi connectivity index (χ2n) is 6.40. The summed E-state index contributed by atoms with van der Waals surface area (Å²) in [7, 11) is 0. The summed E-state index contributed by atoms with van der Waals surface area (Å²) in [5, 5.41) is 6.66. The Hall–Kier alpha value is -2.93.